The molecule has 0 aromatic carbocycles. The molecule has 0 saturated heterocycles. The van der Waals surface area contributed by atoms with Crippen molar-refractivity contribution in [1.82, 2.24) is 0 Å². The number of rotatable bonds is 33. The number of ether oxygens (including phenoxy) is 2. The zero-order valence-corrected chi connectivity index (χ0v) is 32.1. The van der Waals surface area contributed by atoms with Crippen LogP contribution in [-0.2, 0) is 32.7 Å². The Morgan fingerprint density at radius 1 is 0.646 bits per heavy atom. The van der Waals surface area contributed by atoms with Gasteiger partial charge in [-0.25, -0.2) is 4.57 Å². The molecule has 1 N–H and O–H groups in total. The predicted molar refractivity (Wildman–Crippen MR) is 197 cm³/mol. The summed E-state index contributed by atoms with van der Waals surface area (Å²) in [6, 6.07) is 0. The topological polar surface area (TPSA) is 108 Å². The molecule has 9 nitrogen and oxygen atoms in total. The summed E-state index contributed by atoms with van der Waals surface area (Å²) < 4.78 is 34.0. The third kappa shape index (κ3) is 34.1. The fourth-order valence-electron chi connectivity index (χ4n) is 4.67. The van der Waals surface area contributed by atoms with E-state index in [1.165, 1.54) is 64.2 Å². The van der Waals surface area contributed by atoms with Crippen LogP contribution in [0.4, 0.5) is 0 Å². The van der Waals surface area contributed by atoms with E-state index in [2.05, 4.69) is 44.2 Å². The molecule has 48 heavy (non-hydrogen) atoms. The first-order valence-corrected chi connectivity index (χ1v) is 20.2. The molecular formula is C38H71NO8P+. The summed E-state index contributed by atoms with van der Waals surface area (Å²) >= 11 is 0. The minimum absolute atomic E-state index is 0.0226. The molecule has 10 heteroatoms. The van der Waals surface area contributed by atoms with Crippen molar-refractivity contribution in [3.63, 3.8) is 0 Å². The van der Waals surface area contributed by atoms with Gasteiger partial charge in [-0.2, -0.15) is 0 Å². The summed E-state index contributed by atoms with van der Waals surface area (Å²) in [4.78, 5) is 35.0. The second kappa shape index (κ2) is 31.2. The van der Waals surface area contributed by atoms with Crippen LogP contribution in [0.3, 0.4) is 0 Å². The van der Waals surface area contributed by atoms with Crippen molar-refractivity contribution in [2.24, 2.45) is 0 Å². The number of esters is 2. The van der Waals surface area contributed by atoms with E-state index >= 15 is 0 Å². The lowest BCUT2D eigenvalue weighted by atomic mass is 10.1. The first kappa shape index (κ1) is 46.2. The molecule has 1 unspecified atom stereocenters. The number of nitrogens with zero attached hydrogens (tertiary/aromatic N) is 1. The van der Waals surface area contributed by atoms with Gasteiger partial charge >= 0.3 is 19.8 Å². The molecule has 0 aliphatic heterocycles. The van der Waals surface area contributed by atoms with Crippen molar-refractivity contribution >= 4 is 19.8 Å². The highest BCUT2D eigenvalue weighted by atomic mass is 31.2. The summed E-state index contributed by atoms with van der Waals surface area (Å²) in [6.45, 7) is 4.28. The summed E-state index contributed by atoms with van der Waals surface area (Å²) in [5.74, 6) is -0.870. The minimum atomic E-state index is -4.37. The van der Waals surface area contributed by atoms with Crippen molar-refractivity contribution in [3.8, 4) is 0 Å². The molecule has 0 aromatic heterocycles. The Morgan fingerprint density at radius 3 is 1.73 bits per heavy atom. The van der Waals surface area contributed by atoms with E-state index in [0.29, 0.717) is 17.4 Å². The largest absolute Gasteiger partial charge is 0.472 e. The number of quaternary nitrogens is 1. The fourth-order valence-corrected chi connectivity index (χ4v) is 5.42. The number of phosphoric acid groups is 1. The van der Waals surface area contributed by atoms with Crippen molar-refractivity contribution < 1.29 is 42.1 Å². The van der Waals surface area contributed by atoms with Gasteiger partial charge in [-0.15, -0.1) is 0 Å². The van der Waals surface area contributed by atoms with Crippen LogP contribution >= 0.6 is 7.82 Å². The SMILES string of the molecule is CCCCCCCC/C=C/C/C=C/C/C=C/CCCC(=O)O[C@H](COC(=O)CCCCCCCCC)COP(=O)(O)OCC[N+](C)(C)C. The molecule has 0 heterocycles. The third-order valence-electron chi connectivity index (χ3n) is 7.67. The Hall–Kier alpha value is -1.77. The maximum absolute atomic E-state index is 12.6. The lowest BCUT2D eigenvalue weighted by Gasteiger charge is -2.24. The summed E-state index contributed by atoms with van der Waals surface area (Å²) in [5, 5.41) is 0. The summed E-state index contributed by atoms with van der Waals surface area (Å²) in [5.41, 5.74) is 0. The van der Waals surface area contributed by atoms with Gasteiger partial charge in [-0.05, 0) is 44.9 Å². The molecule has 0 aromatic rings. The Morgan fingerprint density at radius 2 is 1.15 bits per heavy atom. The van der Waals surface area contributed by atoms with Gasteiger partial charge in [0.1, 0.15) is 19.8 Å². The minimum Gasteiger partial charge on any atom is -0.462 e. The van der Waals surface area contributed by atoms with E-state index in [9.17, 15) is 19.0 Å². The van der Waals surface area contributed by atoms with Crippen LogP contribution in [0.1, 0.15) is 142 Å². The number of likely N-dealkylation sites (N-methyl/N-ethyl adjacent to an activating group) is 1. The molecule has 0 aliphatic carbocycles. The van der Waals surface area contributed by atoms with E-state index in [1.807, 2.05) is 27.2 Å². The van der Waals surface area contributed by atoms with E-state index in [1.54, 1.807) is 0 Å². The van der Waals surface area contributed by atoms with Gasteiger partial charge in [0.25, 0.3) is 0 Å². The smallest absolute Gasteiger partial charge is 0.462 e. The molecule has 0 fully saturated rings. The molecule has 0 saturated carbocycles. The molecule has 0 spiro atoms. The maximum Gasteiger partial charge on any atom is 0.472 e. The van der Waals surface area contributed by atoms with Gasteiger partial charge in [0.2, 0.25) is 0 Å². The lowest BCUT2D eigenvalue weighted by molar-refractivity contribution is -0.870. The van der Waals surface area contributed by atoms with E-state index in [-0.39, 0.29) is 32.0 Å². The van der Waals surface area contributed by atoms with Gasteiger partial charge in [-0.1, -0.05) is 121 Å². The number of unbranched alkanes of at least 4 members (excludes halogenated alkanes) is 13. The highest BCUT2D eigenvalue weighted by Crippen LogP contribution is 2.43. The first-order chi connectivity index (χ1) is 23.0. The fraction of sp³-hybridized carbons (Fsp3) is 0.789. The van der Waals surface area contributed by atoms with Gasteiger partial charge in [0.05, 0.1) is 27.7 Å². The zero-order chi connectivity index (χ0) is 35.8. The Balaban J connectivity index is 4.49. The number of carbonyl (C=O) groups excluding carboxylic acids is 2. The molecule has 2 atom stereocenters. The van der Waals surface area contributed by atoms with Crippen molar-refractivity contribution in [3.05, 3.63) is 36.5 Å². The molecule has 280 valence electrons. The van der Waals surface area contributed by atoms with E-state index < -0.39 is 26.5 Å². The van der Waals surface area contributed by atoms with Gasteiger partial charge in [0.15, 0.2) is 6.10 Å². The number of phosphoric ester groups is 1. The second-order valence-electron chi connectivity index (χ2n) is 13.6. The molecule has 0 amide bonds. The number of carbonyl (C=O) groups is 2. The number of hydrogen-bond donors (Lipinski definition) is 1. The molecule has 0 aliphatic rings. The van der Waals surface area contributed by atoms with Crippen LogP contribution in [-0.4, -0.2) is 74.9 Å². The van der Waals surface area contributed by atoms with E-state index in [4.69, 9.17) is 18.5 Å². The van der Waals surface area contributed by atoms with Crippen LogP contribution < -0.4 is 0 Å². The van der Waals surface area contributed by atoms with Crippen LogP contribution in [0.15, 0.2) is 36.5 Å². The Bertz CT molecular complexity index is 928. The highest BCUT2D eigenvalue weighted by Gasteiger charge is 2.27. The first-order valence-electron chi connectivity index (χ1n) is 18.7. The number of allylic oxidation sites excluding steroid dienone is 6. The average molecular weight is 701 g/mol. The lowest BCUT2D eigenvalue weighted by Crippen LogP contribution is -2.37. The molecule has 0 rings (SSSR count). The molecule has 0 radical (unpaired) electrons. The third-order valence-corrected chi connectivity index (χ3v) is 8.66. The highest BCUT2D eigenvalue weighted by molar-refractivity contribution is 7.47. The van der Waals surface area contributed by atoms with Crippen LogP contribution in [0, 0.1) is 0 Å². The van der Waals surface area contributed by atoms with Crippen molar-refractivity contribution in [2.75, 3.05) is 47.5 Å². The van der Waals surface area contributed by atoms with Crippen molar-refractivity contribution in [1.29, 1.82) is 0 Å². The normalized spacial score (nSPS) is 14.2. The summed E-state index contributed by atoms with van der Waals surface area (Å²) in [6.07, 6.45) is 32.2. The Kier molecular flexibility index (Phi) is 30.1. The van der Waals surface area contributed by atoms with Crippen LogP contribution in [0.2, 0.25) is 0 Å². The van der Waals surface area contributed by atoms with Gasteiger partial charge in [0, 0.05) is 12.8 Å². The van der Waals surface area contributed by atoms with E-state index in [0.717, 1.165) is 44.9 Å². The predicted octanol–water partition coefficient (Wildman–Crippen LogP) is 9.79. The summed E-state index contributed by atoms with van der Waals surface area (Å²) in [7, 11) is 1.44. The average Bonchev–Trinajstić information content (AvgIpc) is 3.02. The van der Waals surface area contributed by atoms with Crippen molar-refractivity contribution in [2.45, 2.75) is 148 Å². The quantitative estimate of drug-likeness (QED) is 0.0237. The van der Waals surface area contributed by atoms with Gasteiger partial charge in [-0.3, -0.25) is 18.6 Å². The molecular weight excluding hydrogens is 629 g/mol. The number of hydrogen-bond acceptors (Lipinski definition) is 7. The molecule has 0 bridgehead atoms. The monoisotopic (exact) mass is 700 g/mol. The van der Waals surface area contributed by atoms with Crippen LogP contribution in [0.5, 0.6) is 0 Å². The maximum atomic E-state index is 12.6. The van der Waals surface area contributed by atoms with Crippen LogP contribution in [0.25, 0.3) is 0 Å². The standard InChI is InChI=1S/C38H70NO8P/c1-6-8-10-12-14-15-16-17-18-19-20-21-22-23-25-27-29-31-38(41)47-36(35-46-48(42,43)45-33-32-39(3,4)5)34-44-37(40)30-28-26-24-13-11-9-7-2/h17-18,20-21,23,25,36H,6-16,19,22,24,26-35H2,1-5H3/p+1/b18-17+,21-20+,25-23+/t36-/m1/s1. The Labute approximate surface area is 293 Å². The zero-order valence-electron chi connectivity index (χ0n) is 31.2. The second-order valence-corrected chi connectivity index (χ2v) is 15.1. The van der Waals surface area contributed by atoms with Gasteiger partial charge < -0.3 is 18.9 Å².